The van der Waals surface area contributed by atoms with Gasteiger partial charge in [-0.25, -0.2) is 4.39 Å². The van der Waals surface area contributed by atoms with Crippen molar-refractivity contribution in [3.05, 3.63) is 72.1 Å². The summed E-state index contributed by atoms with van der Waals surface area (Å²) in [5.74, 6) is 1.74. The molecular weight excluding hydrogens is 333 g/mol. The van der Waals surface area contributed by atoms with Gasteiger partial charge in [-0.05, 0) is 49.2 Å². The van der Waals surface area contributed by atoms with E-state index in [0.29, 0.717) is 42.5 Å². The Labute approximate surface area is 151 Å². The first-order valence-corrected chi connectivity index (χ1v) is 8.86. The molecule has 3 aromatic rings. The molecule has 1 amide bonds. The van der Waals surface area contributed by atoms with Crippen molar-refractivity contribution in [2.45, 2.75) is 38.3 Å². The smallest absolute Gasteiger partial charge is 0.223 e. The van der Waals surface area contributed by atoms with E-state index in [9.17, 15) is 9.18 Å². The minimum absolute atomic E-state index is 0.0905. The van der Waals surface area contributed by atoms with Crippen LogP contribution >= 0.6 is 0 Å². The van der Waals surface area contributed by atoms with Gasteiger partial charge < -0.3 is 13.7 Å². The van der Waals surface area contributed by atoms with Crippen molar-refractivity contribution in [3.63, 3.8) is 0 Å². The van der Waals surface area contributed by atoms with Crippen molar-refractivity contribution in [2.75, 3.05) is 0 Å². The lowest BCUT2D eigenvalue weighted by Gasteiger charge is -2.21. The fraction of sp³-hybridized carbons (Fsp3) is 0.286. The zero-order chi connectivity index (χ0) is 17.9. The lowest BCUT2D eigenvalue weighted by Crippen LogP contribution is -2.32. The van der Waals surface area contributed by atoms with Crippen LogP contribution < -0.4 is 0 Å². The van der Waals surface area contributed by atoms with Crippen molar-refractivity contribution in [2.24, 2.45) is 0 Å². The van der Waals surface area contributed by atoms with Crippen molar-refractivity contribution < 1.29 is 18.0 Å². The van der Waals surface area contributed by atoms with Gasteiger partial charge >= 0.3 is 0 Å². The SMILES string of the molecule is O=C(CCc1ccc(-c2ccccc2F)o1)N(Cc1ccco1)C1CC1. The average Bonchev–Trinajstić information content (AvgIpc) is 3.16. The van der Waals surface area contributed by atoms with E-state index in [0.717, 1.165) is 18.6 Å². The number of hydrogen-bond donors (Lipinski definition) is 0. The summed E-state index contributed by atoms with van der Waals surface area (Å²) in [7, 11) is 0. The minimum Gasteiger partial charge on any atom is -0.467 e. The second-order valence-corrected chi connectivity index (χ2v) is 6.58. The van der Waals surface area contributed by atoms with Gasteiger partial charge in [0.25, 0.3) is 0 Å². The van der Waals surface area contributed by atoms with Gasteiger partial charge in [-0.15, -0.1) is 0 Å². The van der Waals surface area contributed by atoms with Crippen molar-refractivity contribution in [1.29, 1.82) is 0 Å². The normalized spacial score (nSPS) is 13.7. The first-order valence-electron chi connectivity index (χ1n) is 8.86. The Balaban J connectivity index is 1.39. The molecule has 134 valence electrons. The predicted molar refractivity (Wildman–Crippen MR) is 94.7 cm³/mol. The number of hydrogen-bond acceptors (Lipinski definition) is 3. The fourth-order valence-electron chi connectivity index (χ4n) is 3.07. The first-order chi connectivity index (χ1) is 12.7. The molecule has 1 aromatic carbocycles. The summed E-state index contributed by atoms with van der Waals surface area (Å²) in [5, 5.41) is 0. The molecule has 5 heteroatoms. The van der Waals surface area contributed by atoms with E-state index in [2.05, 4.69) is 0 Å². The maximum Gasteiger partial charge on any atom is 0.223 e. The van der Waals surface area contributed by atoms with Gasteiger partial charge in [0.2, 0.25) is 5.91 Å². The minimum atomic E-state index is -0.317. The Morgan fingerprint density at radius 1 is 1.08 bits per heavy atom. The van der Waals surface area contributed by atoms with Crippen LogP contribution in [0.15, 0.2) is 63.6 Å². The zero-order valence-electron chi connectivity index (χ0n) is 14.4. The molecule has 2 heterocycles. The molecule has 1 fully saturated rings. The number of carbonyl (C=O) groups excluding carboxylic acids is 1. The third kappa shape index (κ3) is 3.72. The average molecular weight is 353 g/mol. The first kappa shape index (κ1) is 16.6. The largest absolute Gasteiger partial charge is 0.467 e. The molecule has 26 heavy (non-hydrogen) atoms. The molecule has 0 unspecified atom stereocenters. The Morgan fingerprint density at radius 3 is 2.65 bits per heavy atom. The monoisotopic (exact) mass is 353 g/mol. The zero-order valence-corrected chi connectivity index (χ0v) is 14.4. The van der Waals surface area contributed by atoms with Gasteiger partial charge in [-0.1, -0.05) is 12.1 Å². The molecule has 4 rings (SSSR count). The highest BCUT2D eigenvalue weighted by molar-refractivity contribution is 5.77. The number of amides is 1. The number of rotatable bonds is 7. The van der Waals surface area contributed by atoms with Crippen molar-refractivity contribution in [1.82, 2.24) is 4.90 Å². The van der Waals surface area contributed by atoms with Crippen molar-refractivity contribution >= 4 is 5.91 Å². The summed E-state index contributed by atoms with van der Waals surface area (Å²) < 4.78 is 25.0. The fourth-order valence-corrected chi connectivity index (χ4v) is 3.07. The van der Waals surface area contributed by atoms with E-state index < -0.39 is 0 Å². The Hall–Kier alpha value is -2.82. The molecule has 0 spiro atoms. The maximum absolute atomic E-state index is 13.9. The summed E-state index contributed by atoms with van der Waals surface area (Å²) in [6.45, 7) is 0.509. The Kier molecular flexibility index (Phi) is 4.61. The van der Waals surface area contributed by atoms with Crippen LogP contribution in [0.5, 0.6) is 0 Å². The summed E-state index contributed by atoms with van der Waals surface area (Å²) in [6, 6.07) is 14.1. The van der Waals surface area contributed by atoms with Crippen LogP contribution in [0.4, 0.5) is 4.39 Å². The second-order valence-electron chi connectivity index (χ2n) is 6.58. The number of halogens is 1. The van der Waals surface area contributed by atoms with E-state index in [1.54, 1.807) is 30.5 Å². The summed E-state index contributed by atoms with van der Waals surface area (Å²) in [5.41, 5.74) is 0.433. The van der Waals surface area contributed by atoms with E-state index in [1.807, 2.05) is 23.1 Å². The van der Waals surface area contributed by atoms with Crippen LogP contribution in [0.2, 0.25) is 0 Å². The number of nitrogens with zero attached hydrogens (tertiary/aromatic N) is 1. The van der Waals surface area contributed by atoms with Crippen LogP contribution in [-0.4, -0.2) is 16.8 Å². The summed E-state index contributed by atoms with van der Waals surface area (Å²) in [4.78, 5) is 14.5. The second kappa shape index (κ2) is 7.20. The maximum atomic E-state index is 13.9. The molecule has 0 N–H and O–H groups in total. The van der Waals surface area contributed by atoms with Gasteiger partial charge in [0.15, 0.2) is 0 Å². The molecule has 1 aliphatic rings. The lowest BCUT2D eigenvalue weighted by atomic mass is 10.1. The molecule has 0 atom stereocenters. The number of furan rings is 2. The topological polar surface area (TPSA) is 46.6 Å². The van der Waals surface area contributed by atoms with Crippen molar-refractivity contribution in [3.8, 4) is 11.3 Å². The molecule has 1 aliphatic carbocycles. The highest BCUT2D eigenvalue weighted by atomic mass is 19.1. The molecule has 4 nitrogen and oxygen atoms in total. The molecule has 0 bridgehead atoms. The predicted octanol–water partition coefficient (Wildman–Crippen LogP) is 4.80. The number of benzene rings is 1. The molecule has 1 saturated carbocycles. The summed E-state index contributed by atoms with van der Waals surface area (Å²) >= 11 is 0. The number of carbonyl (C=O) groups is 1. The van der Waals surface area contributed by atoms with E-state index in [4.69, 9.17) is 8.83 Å². The van der Waals surface area contributed by atoms with E-state index >= 15 is 0 Å². The quantitative estimate of drug-likeness (QED) is 0.613. The third-order valence-corrected chi connectivity index (χ3v) is 4.60. The standard InChI is InChI=1S/C21H20FNO3/c22-19-6-2-1-5-18(19)20-11-9-16(26-20)10-12-21(24)23(15-7-8-15)14-17-4-3-13-25-17/h1-6,9,11,13,15H,7-8,10,12,14H2. The van der Waals surface area contributed by atoms with Crippen LogP contribution in [0.3, 0.4) is 0 Å². The van der Waals surface area contributed by atoms with Gasteiger partial charge in [-0.2, -0.15) is 0 Å². The van der Waals surface area contributed by atoms with Crippen LogP contribution in [0.25, 0.3) is 11.3 Å². The van der Waals surface area contributed by atoms with Gasteiger partial charge in [0.1, 0.15) is 23.1 Å². The Morgan fingerprint density at radius 2 is 1.92 bits per heavy atom. The van der Waals surface area contributed by atoms with Gasteiger partial charge in [0.05, 0.1) is 18.4 Å². The van der Waals surface area contributed by atoms with Crippen LogP contribution in [0, 0.1) is 5.82 Å². The Bertz CT molecular complexity index is 880. The van der Waals surface area contributed by atoms with Gasteiger partial charge in [0, 0.05) is 18.9 Å². The van der Waals surface area contributed by atoms with E-state index in [-0.39, 0.29) is 11.7 Å². The number of aryl methyl sites for hydroxylation is 1. The van der Waals surface area contributed by atoms with Gasteiger partial charge in [-0.3, -0.25) is 4.79 Å². The summed E-state index contributed by atoms with van der Waals surface area (Å²) in [6.07, 6.45) is 4.57. The van der Waals surface area contributed by atoms with E-state index in [1.165, 1.54) is 6.07 Å². The third-order valence-electron chi connectivity index (χ3n) is 4.60. The highest BCUT2D eigenvalue weighted by Crippen LogP contribution is 2.30. The molecule has 0 aliphatic heterocycles. The molecule has 0 saturated heterocycles. The highest BCUT2D eigenvalue weighted by Gasteiger charge is 2.32. The van der Waals surface area contributed by atoms with Crippen LogP contribution in [-0.2, 0) is 17.8 Å². The molecular formula is C21H20FNO3. The molecule has 0 radical (unpaired) electrons. The molecule has 2 aromatic heterocycles. The van der Waals surface area contributed by atoms with Crippen LogP contribution in [0.1, 0.15) is 30.8 Å². The lowest BCUT2D eigenvalue weighted by molar-refractivity contribution is -0.132.